The topological polar surface area (TPSA) is 426 Å². The molecule has 1 spiro atoms. The maximum atomic E-state index is 12.0. The highest BCUT2D eigenvalue weighted by Crippen LogP contribution is 2.47. The van der Waals surface area contributed by atoms with Crippen LogP contribution >= 0.6 is 0 Å². The van der Waals surface area contributed by atoms with Gasteiger partial charge in [0.15, 0.2) is 5.78 Å². The number of hydrogen-bond donors (Lipinski definition) is 12. The number of carbonyl (C=O) groups excluding carboxylic acids is 3. The third-order valence-electron chi connectivity index (χ3n) is 13.8. The van der Waals surface area contributed by atoms with Gasteiger partial charge in [0.1, 0.15) is 16.6 Å². The number of nitrogens with two attached hydrogens (primary N) is 2. The van der Waals surface area contributed by atoms with Crippen LogP contribution in [0.4, 0.5) is 4.79 Å². The molecule has 10 rings (SSSR count). The van der Waals surface area contributed by atoms with E-state index in [1.165, 1.54) is 0 Å². The van der Waals surface area contributed by atoms with Crippen molar-refractivity contribution in [2.75, 3.05) is 0 Å². The normalized spacial score (nSPS) is 23.7. The molecule has 400 valence electrons. The number of imide groups is 1. The summed E-state index contributed by atoms with van der Waals surface area (Å²) in [4.78, 5) is 122. The molecule has 0 aromatic heterocycles. The monoisotopic (exact) mass is 1060 g/mol. The number of nitrogens with one attached hydrogen (secondary N) is 2. The average Bonchev–Trinajstić information content (AvgIpc) is 4.30. The van der Waals surface area contributed by atoms with Crippen LogP contribution in [0.25, 0.3) is 0 Å². The van der Waals surface area contributed by atoms with Crippen molar-refractivity contribution in [3.8, 4) is 0 Å². The van der Waals surface area contributed by atoms with Gasteiger partial charge in [-0.15, -0.1) is 0 Å². The van der Waals surface area contributed by atoms with Gasteiger partial charge >= 0.3 is 53.8 Å². The smallest absolute Gasteiger partial charge is 0.328 e. The highest BCUT2D eigenvalue weighted by atomic mass is 16.4. The number of Topliss-reactive ketones (excluding diaryl/α,β-unsaturated/α-hetero) is 1. The molecule has 0 saturated carbocycles. The Morgan fingerprint density at radius 3 is 1.29 bits per heavy atom. The Bertz CT molecular complexity index is 3130. The molecular formula is C54H50N4O19. The minimum Gasteiger partial charge on any atom is -0.481 e. The number of aliphatic carboxylic acids is 8. The summed E-state index contributed by atoms with van der Waals surface area (Å²) in [5, 5.41) is 76.4. The number of fused-ring (bicyclic) bond motifs is 5. The van der Waals surface area contributed by atoms with Crippen LogP contribution in [0.1, 0.15) is 117 Å². The minimum absolute atomic E-state index is 0.0548. The summed E-state index contributed by atoms with van der Waals surface area (Å²) in [6.45, 7) is 0. The summed E-state index contributed by atoms with van der Waals surface area (Å²) in [5.41, 5.74) is 11.8. The van der Waals surface area contributed by atoms with Crippen molar-refractivity contribution in [2.45, 2.75) is 78.3 Å². The zero-order valence-corrected chi connectivity index (χ0v) is 40.3. The molecule has 5 aromatic rings. The number of carboxylic acids is 8. The Labute approximate surface area is 435 Å². The summed E-state index contributed by atoms with van der Waals surface area (Å²) >= 11 is 0. The Balaban J connectivity index is 0.000000157. The molecule has 4 aliphatic carbocycles. The lowest BCUT2D eigenvalue weighted by atomic mass is 9.91. The number of ketones is 1. The van der Waals surface area contributed by atoms with E-state index in [1.807, 2.05) is 0 Å². The van der Waals surface area contributed by atoms with Crippen LogP contribution in [0.3, 0.4) is 0 Å². The van der Waals surface area contributed by atoms with Gasteiger partial charge in [0.2, 0.25) is 0 Å². The first-order valence-corrected chi connectivity index (χ1v) is 23.3. The molecule has 77 heavy (non-hydrogen) atoms. The number of carbonyl (C=O) groups is 11. The Morgan fingerprint density at radius 2 is 0.883 bits per heavy atom. The van der Waals surface area contributed by atoms with E-state index in [0.717, 1.165) is 0 Å². The molecule has 4 unspecified atom stereocenters. The molecule has 23 heteroatoms. The van der Waals surface area contributed by atoms with Gasteiger partial charge in [-0.1, -0.05) is 127 Å². The molecule has 8 atom stereocenters. The predicted octanol–water partition coefficient (Wildman–Crippen LogP) is 4.06. The highest BCUT2D eigenvalue weighted by molar-refractivity contribution is 6.09. The standard InChI is InChI=1S/C12H10N2O4.2C11H11NO4.C10H10O4.C10H8O3/c15-9(16)7-5-12(10(17)13-11(18)14-12)8-4-2-1-3-6(7)8;2*12-11(10(15)16)5-7(9(13)14)6-3-1-2-4-8(6)11;11-9(12)6-8(10(13)14)7-4-2-1-3-5-7;11-9-5-8(10(12)13)6-3-1-2-4-7(6)9/h1-4,7H,5H2,(H,15,16)(H2,13,14,17,18);2*1-4,7H,5,12H2,(H,13,14)(H,15,16);1-5,8H,6H2,(H,11,12)(H,13,14);1-4,8H,5H2,(H,12,13)/t;7-,11+;7-,11-;;/m.00../s1. The van der Waals surface area contributed by atoms with E-state index in [-0.39, 0.29) is 37.9 Å². The Hall–Kier alpha value is -9.61. The van der Waals surface area contributed by atoms with E-state index in [4.69, 9.17) is 47.2 Å². The van der Waals surface area contributed by atoms with Crippen molar-refractivity contribution in [2.24, 2.45) is 11.5 Å². The third kappa shape index (κ3) is 11.5. The largest absolute Gasteiger partial charge is 0.481 e. The lowest BCUT2D eigenvalue weighted by molar-refractivity contribution is -0.146. The zero-order valence-electron chi connectivity index (χ0n) is 40.3. The fraction of sp³-hybridized carbons (Fsp3) is 0.241. The fourth-order valence-electron chi connectivity index (χ4n) is 9.99. The van der Waals surface area contributed by atoms with E-state index in [0.29, 0.717) is 50.1 Å². The lowest BCUT2D eigenvalue weighted by Gasteiger charge is -2.20. The first kappa shape index (κ1) is 56.7. The number of rotatable bonds is 10. The summed E-state index contributed by atoms with van der Waals surface area (Å²) in [6.07, 6.45) is -0.429. The summed E-state index contributed by atoms with van der Waals surface area (Å²) in [6, 6.07) is 34.6. The molecule has 1 saturated heterocycles. The van der Waals surface area contributed by atoms with Gasteiger partial charge in [-0.25, -0.2) is 14.4 Å². The van der Waals surface area contributed by atoms with Crippen molar-refractivity contribution in [1.82, 2.24) is 10.6 Å². The van der Waals surface area contributed by atoms with Gasteiger partial charge in [0.05, 0.1) is 36.0 Å². The number of benzene rings is 5. The Morgan fingerprint density at radius 1 is 0.494 bits per heavy atom. The predicted molar refractivity (Wildman–Crippen MR) is 265 cm³/mol. The first-order valence-electron chi connectivity index (χ1n) is 23.3. The maximum Gasteiger partial charge on any atom is 0.328 e. The van der Waals surface area contributed by atoms with Crippen LogP contribution in [0, 0.1) is 0 Å². The van der Waals surface area contributed by atoms with Crippen molar-refractivity contribution < 1.29 is 93.6 Å². The second-order valence-corrected chi connectivity index (χ2v) is 18.4. The number of carboxylic acid groups (broad SMARTS) is 8. The molecule has 1 heterocycles. The zero-order chi connectivity index (χ0) is 56.7. The quantitative estimate of drug-likeness (QED) is 0.0877. The molecule has 1 aliphatic heterocycles. The van der Waals surface area contributed by atoms with Crippen molar-refractivity contribution >= 4 is 65.5 Å². The van der Waals surface area contributed by atoms with E-state index < -0.39 is 106 Å². The number of urea groups is 1. The van der Waals surface area contributed by atoms with Gasteiger partial charge in [-0.3, -0.25) is 43.7 Å². The van der Waals surface area contributed by atoms with Crippen LogP contribution in [0.2, 0.25) is 0 Å². The molecule has 5 aliphatic rings. The van der Waals surface area contributed by atoms with Crippen LogP contribution < -0.4 is 22.1 Å². The number of hydrogen-bond acceptors (Lipinski definition) is 13. The van der Waals surface area contributed by atoms with Gasteiger partial charge < -0.3 is 57.6 Å². The van der Waals surface area contributed by atoms with E-state index in [9.17, 15) is 57.8 Å². The van der Waals surface area contributed by atoms with Crippen LogP contribution in [-0.2, 0) is 59.8 Å². The van der Waals surface area contributed by atoms with Crippen molar-refractivity contribution in [3.63, 3.8) is 0 Å². The van der Waals surface area contributed by atoms with Crippen LogP contribution in [0.5, 0.6) is 0 Å². The van der Waals surface area contributed by atoms with E-state index >= 15 is 0 Å². The van der Waals surface area contributed by atoms with Crippen molar-refractivity contribution in [3.05, 3.63) is 177 Å². The molecule has 0 bridgehead atoms. The lowest BCUT2D eigenvalue weighted by Crippen LogP contribution is -2.43. The first-order chi connectivity index (χ1) is 36.3. The molecule has 5 aromatic carbocycles. The van der Waals surface area contributed by atoms with Gasteiger partial charge in [-0.2, -0.15) is 0 Å². The molecular weight excluding hydrogens is 1010 g/mol. The maximum absolute atomic E-state index is 12.0. The third-order valence-corrected chi connectivity index (χ3v) is 13.8. The van der Waals surface area contributed by atoms with Gasteiger partial charge in [0.25, 0.3) is 5.91 Å². The summed E-state index contributed by atoms with van der Waals surface area (Å²) < 4.78 is 0. The van der Waals surface area contributed by atoms with E-state index in [2.05, 4.69) is 10.6 Å². The second kappa shape index (κ2) is 22.9. The molecule has 23 nitrogen and oxygen atoms in total. The molecule has 1 fully saturated rings. The fourth-order valence-corrected chi connectivity index (χ4v) is 9.99. The number of amides is 3. The van der Waals surface area contributed by atoms with Crippen LogP contribution in [-0.4, -0.2) is 106 Å². The molecule has 3 amide bonds. The van der Waals surface area contributed by atoms with Gasteiger partial charge in [-0.05, 0) is 57.3 Å². The summed E-state index contributed by atoms with van der Waals surface area (Å²) in [5.74, 6) is -13.2. The molecule has 0 radical (unpaired) electrons. The van der Waals surface area contributed by atoms with Crippen molar-refractivity contribution in [1.29, 1.82) is 0 Å². The average molecular weight is 1060 g/mol. The highest BCUT2D eigenvalue weighted by Gasteiger charge is 2.56. The summed E-state index contributed by atoms with van der Waals surface area (Å²) in [7, 11) is 0. The Kier molecular flexibility index (Phi) is 16.8. The van der Waals surface area contributed by atoms with Crippen LogP contribution in [0.15, 0.2) is 127 Å². The SMILES string of the molecule is N[C@@]1(C(=O)O)C[C@H](C(=O)O)c2ccccc21.N[C@]1(C(=O)O)C[C@H](C(=O)O)c2ccccc21.O=C(O)CC(C(=O)O)c1ccccc1.O=C1CC(C(=O)O)c2ccccc21.O=C1NC(=O)C2(CC(C(=O)O)c3ccccc32)N1. The molecule has 14 N–H and O–H groups in total. The van der Waals surface area contributed by atoms with E-state index in [1.54, 1.807) is 127 Å². The minimum atomic E-state index is -1.58. The van der Waals surface area contributed by atoms with Gasteiger partial charge in [0, 0.05) is 18.4 Å². The second-order valence-electron chi connectivity index (χ2n) is 18.4.